The van der Waals surface area contributed by atoms with Gasteiger partial charge in [-0.2, -0.15) is 0 Å². The average Bonchev–Trinajstić information content (AvgIpc) is 2.43. The van der Waals surface area contributed by atoms with E-state index in [0.717, 1.165) is 13.1 Å². The van der Waals surface area contributed by atoms with Gasteiger partial charge in [-0.1, -0.05) is 6.92 Å². The number of likely N-dealkylation sites (N-methyl/N-ethyl adjacent to an activating group) is 1. The van der Waals surface area contributed by atoms with Crippen molar-refractivity contribution >= 4 is 16.6 Å². The van der Waals surface area contributed by atoms with E-state index < -0.39 is 4.92 Å². The van der Waals surface area contributed by atoms with Crippen LogP contribution in [0.3, 0.4) is 0 Å². The van der Waals surface area contributed by atoms with Gasteiger partial charge in [-0.05, 0) is 24.7 Å². The Hall–Kier alpha value is -2.21. The van der Waals surface area contributed by atoms with Crippen LogP contribution in [-0.2, 0) is 0 Å². The highest BCUT2D eigenvalue weighted by atomic mass is 16.6. The van der Waals surface area contributed by atoms with Crippen LogP contribution in [0, 0.1) is 10.1 Å². The quantitative estimate of drug-likeness (QED) is 0.489. The number of pyridine rings is 1. The van der Waals surface area contributed by atoms with Crippen molar-refractivity contribution in [2.75, 3.05) is 19.7 Å². The highest BCUT2D eigenvalue weighted by Crippen LogP contribution is 2.30. The van der Waals surface area contributed by atoms with Crippen molar-refractivity contribution in [1.82, 2.24) is 10.3 Å². The molecule has 0 unspecified atom stereocenters. The van der Waals surface area contributed by atoms with Gasteiger partial charge in [-0.25, -0.2) is 0 Å². The van der Waals surface area contributed by atoms with Crippen molar-refractivity contribution < 1.29 is 9.66 Å². The number of benzene rings is 1. The summed E-state index contributed by atoms with van der Waals surface area (Å²) in [6.45, 7) is 4.12. The Labute approximate surface area is 110 Å². The summed E-state index contributed by atoms with van der Waals surface area (Å²) in [6, 6.07) is 6.40. The van der Waals surface area contributed by atoms with Gasteiger partial charge in [0.25, 0.3) is 5.69 Å². The van der Waals surface area contributed by atoms with Crippen molar-refractivity contribution in [1.29, 1.82) is 0 Å². The first-order chi connectivity index (χ1) is 9.24. The van der Waals surface area contributed by atoms with Gasteiger partial charge in [0.1, 0.15) is 17.9 Å². The molecule has 0 spiro atoms. The lowest BCUT2D eigenvalue weighted by Gasteiger charge is -2.09. The molecular formula is C13H15N3O3. The number of nitrogens with zero attached hydrogens (tertiary/aromatic N) is 2. The van der Waals surface area contributed by atoms with Gasteiger partial charge in [0.15, 0.2) is 0 Å². The van der Waals surface area contributed by atoms with E-state index in [-0.39, 0.29) is 5.69 Å². The number of nitro benzene ring substituents is 1. The van der Waals surface area contributed by atoms with E-state index in [4.69, 9.17) is 4.74 Å². The molecule has 0 aliphatic rings. The van der Waals surface area contributed by atoms with Crippen LogP contribution in [0.25, 0.3) is 10.9 Å². The Bertz CT molecular complexity index is 586. The molecule has 2 rings (SSSR count). The molecule has 1 aromatic carbocycles. The zero-order chi connectivity index (χ0) is 13.7. The van der Waals surface area contributed by atoms with E-state index in [9.17, 15) is 10.1 Å². The van der Waals surface area contributed by atoms with Gasteiger partial charge in [-0.3, -0.25) is 15.1 Å². The minimum absolute atomic E-state index is 0.0436. The Morgan fingerprint density at radius 2 is 2.26 bits per heavy atom. The number of nitrogens with one attached hydrogen (secondary N) is 1. The summed E-state index contributed by atoms with van der Waals surface area (Å²) in [5.74, 6) is 0.569. The Morgan fingerprint density at radius 3 is 3.00 bits per heavy atom. The van der Waals surface area contributed by atoms with Gasteiger partial charge < -0.3 is 10.1 Å². The lowest BCUT2D eigenvalue weighted by Crippen LogP contribution is -2.20. The topological polar surface area (TPSA) is 77.3 Å². The molecule has 100 valence electrons. The van der Waals surface area contributed by atoms with Crippen LogP contribution >= 0.6 is 0 Å². The summed E-state index contributed by atoms with van der Waals surface area (Å²) >= 11 is 0. The first-order valence-electron chi connectivity index (χ1n) is 6.09. The number of fused-ring (bicyclic) bond motifs is 1. The Morgan fingerprint density at radius 1 is 1.42 bits per heavy atom. The molecule has 6 nitrogen and oxygen atoms in total. The lowest BCUT2D eigenvalue weighted by atomic mass is 10.1. The smallest absolute Gasteiger partial charge is 0.279 e. The molecule has 0 fully saturated rings. The van der Waals surface area contributed by atoms with E-state index in [1.54, 1.807) is 24.4 Å². The highest BCUT2D eigenvalue weighted by molar-refractivity contribution is 5.92. The largest absolute Gasteiger partial charge is 0.490 e. The number of aromatic nitrogens is 1. The molecule has 1 aromatic heterocycles. The second-order valence-corrected chi connectivity index (χ2v) is 3.94. The molecule has 0 atom stereocenters. The highest BCUT2D eigenvalue weighted by Gasteiger charge is 2.15. The summed E-state index contributed by atoms with van der Waals surface area (Å²) in [5, 5.41) is 14.6. The molecule has 1 N–H and O–H groups in total. The number of rotatable bonds is 6. The van der Waals surface area contributed by atoms with Gasteiger partial charge >= 0.3 is 0 Å². The maximum Gasteiger partial charge on any atom is 0.279 e. The van der Waals surface area contributed by atoms with Crippen molar-refractivity contribution in [3.05, 3.63) is 40.6 Å². The third-order valence-electron chi connectivity index (χ3n) is 2.69. The zero-order valence-corrected chi connectivity index (χ0v) is 10.6. The van der Waals surface area contributed by atoms with Crippen LogP contribution in [0.2, 0.25) is 0 Å². The number of nitro groups is 1. The van der Waals surface area contributed by atoms with Crippen LogP contribution in [0.4, 0.5) is 5.69 Å². The van der Waals surface area contributed by atoms with Crippen LogP contribution in [0.5, 0.6) is 5.75 Å². The number of hydrogen-bond donors (Lipinski definition) is 1. The van der Waals surface area contributed by atoms with Crippen LogP contribution in [-0.4, -0.2) is 29.6 Å². The number of non-ortho nitro benzene ring substituents is 1. The van der Waals surface area contributed by atoms with E-state index in [2.05, 4.69) is 10.3 Å². The molecule has 0 amide bonds. The standard InChI is InChI=1S/C13H15N3O3/c1-2-14-8-9-19-12-6-5-11(16(17)18)10-4-3-7-15-13(10)12/h3-7,14H,2,8-9H2,1H3. The third-order valence-corrected chi connectivity index (χ3v) is 2.69. The van der Waals surface area contributed by atoms with E-state index in [0.29, 0.717) is 23.3 Å². The van der Waals surface area contributed by atoms with E-state index >= 15 is 0 Å². The van der Waals surface area contributed by atoms with Gasteiger partial charge in [0.2, 0.25) is 0 Å². The minimum atomic E-state index is -0.410. The molecule has 0 saturated heterocycles. The Kier molecular flexibility index (Phi) is 4.25. The zero-order valence-electron chi connectivity index (χ0n) is 10.6. The minimum Gasteiger partial charge on any atom is -0.490 e. The molecule has 0 aliphatic heterocycles. The molecule has 1 heterocycles. The van der Waals surface area contributed by atoms with E-state index in [1.807, 2.05) is 6.92 Å². The van der Waals surface area contributed by atoms with Gasteiger partial charge in [0.05, 0.1) is 10.3 Å². The van der Waals surface area contributed by atoms with Gasteiger partial charge in [-0.15, -0.1) is 0 Å². The van der Waals surface area contributed by atoms with Crippen molar-refractivity contribution in [2.45, 2.75) is 6.92 Å². The predicted octanol–water partition coefficient (Wildman–Crippen LogP) is 2.13. The van der Waals surface area contributed by atoms with Crippen molar-refractivity contribution in [2.24, 2.45) is 0 Å². The number of ether oxygens (including phenoxy) is 1. The molecule has 0 radical (unpaired) electrons. The summed E-state index contributed by atoms with van der Waals surface area (Å²) in [6.07, 6.45) is 1.60. The maximum atomic E-state index is 11.0. The Balaban J connectivity index is 2.30. The fraction of sp³-hybridized carbons (Fsp3) is 0.308. The van der Waals surface area contributed by atoms with Gasteiger partial charge in [0, 0.05) is 18.8 Å². The first-order valence-corrected chi connectivity index (χ1v) is 6.09. The monoisotopic (exact) mass is 261 g/mol. The summed E-state index contributed by atoms with van der Waals surface area (Å²) in [5.41, 5.74) is 0.565. The molecule has 6 heteroatoms. The summed E-state index contributed by atoms with van der Waals surface area (Å²) in [4.78, 5) is 14.7. The summed E-state index contributed by atoms with van der Waals surface area (Å²) < 4.78 is 5.61. The second kappa shape index (κ2) is 6.10. The normalized spacial score (nSPS) is 10.6. The van der Waals surface area contributed by atoms with Crippen molar-refractivity contribution in [3.8, 4) is 5.75 Å². The lowest BCUT2D eigenvalue weighted by molar-refractivity contribution is -0.383. The molecular weight excluding hydrogens is 246 g/mol. The maximum absolute atomic E-state index is 11.0. The molecule has 0 aliphatic carbocycles. The first kappa shape index (κ1) is 13.2. The second-order valence-electron chi connectivity index (χ2n) is 3.94. The van der Waals surface area contributed by atoms with Crippen molar-refractivity contribution in [3.63, 3.8) is 0 Å². The number of hydrogen-bond acceptors (Lipinski definition) is 5. The molecule has 2 aromatic rings. The predicted molar refractivity (Wildman–Crippen MR) is 72.4 cm³/mol. The fourth-order valence-corrected chi connectivity index (χ4v) is 1.82. The van der Waals surface area contributed by atoms with E-state index in [1.165, 1.54) is 6.07 Å². The average molecular weight is 261 g/mol. The molecule has 0 saturated carbocycles. The van der Waals surface area contributed by atoms with Crippen LogP contribution < -0.4 is 10.1 Å². The fourth-order valence-electron chi connectivity index (χ4n) is 1.82. The molecule has 19 heavy (non-hydrogen) atoms. The SMILES string of the molecule is CCNCCOc1ccc([N+](=O)[O-])c2cccnc12. The van der Waals surface area contributed by atoms with Crippen LogP contribution in [0.15, 0.2) is 30.5 Å². The molecule has 0 bridgehead atoms. The van der Waals surface area contributed by atoms with Crippen LogP contribution in [0.1, 0.15) is 6.92 Å². The summed E-state index contributed by atoms with van der Waals surface area (Å²) in [7, 11) is 0. The third kappa shape index (κ3) is 2.97.